The Labute approximate surface area is 128 Å². The molecule has 0 fully saturated rings. The molecule has 0 saturated carbocycles. The molecule has 5 heteroatoms. The molecule has 0 heterocycles. The summed E-state index contributed by atoms with van der Waals surface area (Å²) in [6.07, 6.45) is 5.08. The molecule has 0 aromatic carbocycles. The summed E-state index contributed by atoms with van der Waals surface area (Å²) in [4.78, 5) is 4.67. The van der Waals surface area contributed by atoms with Crippen LogP contribution in [0.2, 0.25) is 0 Å². The summed E-state index contributed by atoms with van der Waals surface area (Å²) in [6.45, 7) is 9.69. The molecule has 0 bridgehead atoms. The number of rotatable bonds is 11. The quantitative estimate of drug-likeness (QED) is 0.268. The second-order valence-corrected chi connectivity index (χ2v) is 7.06. The number of amidine groups is 1. The summed E-state index contributed by atoms with van der Waals surface area (Å²) < 4.78 is 5.62. The summed E-state index contributed by atoms with van der Waals surface area (Å²) in [5.74, 6) is 3.42. The molecule has 0 aliphatic rings. The summed E-state index contributed by atoms with van der Waals surface area (Å²) in [7, 11) is 2.16. The second-order valence-electron chi connectivity index (χ2n) is 4.86. The van der Waals surface area contributed by atoms with Crippen LogP contribution in [0.4, 0.5) is 0 Å². The first-order valence-corrected chi connectivity index (χ1v) is 9.29. The molecule has 114 valence electrons. The zero-order chi connectivity index (χ0) is 14.5. The minimum absolute atomic E-state index is 0.346. The van der Waals surface area contributed by atoms with Crippen molar-refractivity contribution in [2.24, 2.45) is 4.99 Å². The highest BCUT2D eigenvalue weighted by molar-refractivity contribution is 7.97. The van der Waals surface area contributed by atoms with Gasteiger partial charge >= 0.3 is 0 Å². The van der Waals surface area contributed by atoms with Crippen molar-refractivity contribution < 1.29 is 0 Å². The van der Waals surface area contributed by atoms with Crippen molar-refractivity contribution in [3.63, 3.8) is 0 Å². The Balaban J connectivity index is 3.76. The van der Waals surface area contributed by atoms with Crippen LogP contribution in [0.25, 0.3) is 0 Å². The average molecular weight is 306 g/mol. The molecule has 0 aromatic rings. The largest absolute Gasteiger partial charge is 0.318 e. The van der Waals surface area contributed by atoms with E-state index in [0.29, 0.717) is 6.04 Å². The van der Waals surface area contributed by atoms with Gasteiger partial charge in [-0.15, -0.1) is 0 Å². The van der Waals surface area contributed by atoms with Crippen LogP contribution < -0.4 is 4.72 Å². The van der Waals surface area contributed by atoms with E-state index in [1.165, 1.54) is 31.4 Å². The third-order valence-corrected chi connectivity index (χ3v) is 4.56. The van der Waals surface area contributed by atoms with Gasteiger partial charge in [0.25, 0.3) is 0 Å². The monoisotopic (exact) mass is 305 g/mol. The normalized spacial score (nSPS) is 13.9. The van der Waals surface area contributed by atoms with E-state index < -0.39 is 0 Å². The molecule has 1 unspecified atom stereocenters. The number of hydrogen-bond acceptors (Lipinski definition) is 4. The van der Waals surface area contributed by atoms with Gasteiger partial charge in [0.05, 0.1) is 6.04 Å². The summed E-state index contributed by atoms with van der Waals surface area (Å²) in [6, 6.07) is 0.346. The standard InChI is InChI=1S/C14H31N3S2/c1-6-8-10-18-16-14(4)15-13(3)12-17(5)19-11-9-7-2/h13H,6-12H2,1-5H3,(H,15,16). The van der Waals surface area contributed by atoms with Crippen LogP contribution in [-0.4, -0.2) is 41.3 Å². The van der Waals surface area contributed by atoms with E-state index in [-0.39, 0.29) is 0 Å². The van der Waals surface area contributed by atoms with Gasteiger partial charge in [-0.2, -0.15) is 0 Å². The lowest BCUT2D eigenvalue weighted by Crippen LogP contribution is -2.24. The second kappa shape index (κ2) is 13.1. The van der Waals surface area contributed by atoms with Crippen molar-refractivity contribution in [2.45, 2.75) is 59.4 Å². The maximum atomic E-state index is 4.67. The first-order valence-electron chi connectivity index (χ1n) is 7.36. The Morgan fingerprint density at radius 2 is 1.84 bits per heavy atom. The molecule has 1 N–H and O–H groups in total. The zero-order valence-corrected chi connectivity index (χ0v) is 14.9. The minimum Gasteiger partial charge on any atom is -0.318 e. The fourth-order valence-electron chi connectivity index (χ4n) is 1.56. The topological polar surface area (TPSA) is 27.6 Å². The van der Waals surface area contributed by atoms with E-state index in [4.69, 9.17) is 0 Å². The molecule has 0 saturated heterocycles. The van der Waals surface area contributed by atoms with Gasteiger partial charge in [-0.1, -0.05) is 50.6 Å². The summed E-state index contributed by atoms with van der Waals surface area (Å²) in [5.41, 5.74) is 0. The Kier molecular flexibility index (Phi) is 13.2. The van der Waals surface area contributed by atoms with E-state index in [9.17, 15) is 0 Å². The fraction of sp³-hybridized carbons (Fsp3) is 0.929. The maximum Gasteiger partial charge on any atom is 0.103 e. The first-order chi connectivity index (χ1) is 9.10. The van der Waals surface area contributed by atoms with Crippen LogP contribution in [0, 0.1) is 0 Å². The molecule has 3 nitrogen and oxygen atoms in total. The van der Waals surface area contributed by atoms with Gasteiger partial charge in [-0.3, -0.25) is 9.30 Å². The molecular formula is C14H31N3S2. The van der Waals surface area contributed by atoms with Crippen LogP contribution in [0.3, 0.4) is 0 Å². The van der Waals surface area contributed by atoms with Crippen LogP contribution in [0.15, 0.2) is 4.99 Å². The number of nitrogens with zero attached hydrogens (tertiary/aromatic N) is 2. The predicted octanol–water partition coefficient (Wildman–Crippen LogP) is 4.21. The summed E-state index contributed by atoms with van der Waals surface area (Å²) >= 11 is 3.68. The first kappa shape index (κ1) is 19.1. The third kappa shape index (κ3) is 12.9. The Morgan fingerprint density at radius 1 is 1.21 bits per heavy atom. The number of unbranched alkanes of at least 4 members (excludes halogenated alkanes) is 2. The molecule has 0 aromatic heterocycles. The lowest BCUT2D eigenvalue weighted by atomic mass is 10.3. The number of nitrogens with one attached hydrogen (secondary N) is 1. The van der Waals surface area contributed by atoms with Gasteiger partial charge in [0.1, 0.15) is 5.84 Å². The van der Waals surface area contributed by atoms with E-state index in [1.807, 2.05) is 11.9 Å². The molecule has 1 atom stereocenters. The molecule has 0 rings (SSSR count). The van der Waals surface area contributed by atoms with Crippen molar-refractivity contribution in [3.05, 3.63) is 0 Å². The Morgan fingerprint density at radius 3 is 2.47 bits per heavy atom. The van der Waals surface area contributed by atoms with Crippen molar-refractivity contribution in [3.8, 4) is 0 Å². The summed E-state index contributed by atoms with van der Waals surface area (Å²) in [5, 5.41) is 0. The average Bonchev–Trinajstić information content (AvgIpc) is 2.34. The van der Waals surface area contributed by atoms with Crippen LogP contribution >= 0.6 is 23.9 Å². The van der Waals surface area contributed by atoms with Gasteiger partial charge < -0.3 is 4.72 Å². The van der Waals surface area contributed by atoms with Crippen molar-refractivity contribution >= 4 is 29.7 Å². The maximum absolute atomic E-state index is 4.67. The molecule has 0 aliphatic carbocycles. The highest BCUT2D eigenvalue weighted by Gasteiger charge is 2.05. The Hall–Kier alpha value is 0.130. The molecular weight excluding hydrogens is 274 g/mol. The van der Waals surface area contributed by atoms with E-state index in [0.717, 1.165) is 18.1 Å². The number of likely N-dealkylation sites (N-methyl/N-ethyl adjacent to an activating group) is 1. The van der Waals surface area contributed by atoms with Gasteiger partial charge in [0.2, 0.25) is 0 Å². The zero-order valence-electron chi connectivity index (χ0n) is 13.2. The van der Waals surface area contributed by atoms with Gasteiger partial charge in [-0.05, 0) is 33.7 Å². The van der Waals surface area contributed by atoms with Crippen LogP contribution in [0.5, 0.6) is 0 Å². The van der Waals surface area contributed by atoms with Gasteiger partial charge in [0.15, 0.2) is 0 Å². The molecule has 0 amide bonds. The minimum atomic E-state index is 0.346. The Bertz CT molecular complexity index is 235. The lowest BCUT2D eigenvalue weighted by molar-refractivity contribution is 0.511. The fourth-order valence-corrected chi connectivity index (χ4v) is 3.41. The number of hydrogen-bond donors (Lipinski definition) is 1. The predicted molar refractivity (Wildman–Crippen MR) is 93.1 cm³/mol. The third-order valence-electron chi connectivity index (χ3n) is 2.56. The van der Waals surface area contributed by atoms with Crippen LogP contribution in [0.1, 0.15) is 53.4 Å². The van der Waals surface area contributed by atoms with Gasteiger partial charge in [-0.25, -0.2) is 0 Å². The lowest BCUT2D eigenvalue weighted by Gasteiger charge is -2.18. The van der Waals surface area contributed by atoms with E-state index in [2.05, 4.69) is 48.8 Å². The van der Waals surface area contributed by atoms with Crippen LogP contribution in [-0.2, 0) is 0 Å². The SMILES string of the molecule is CCCCSN/C(C)=N/C(C)CN(C)SCCCC. The van der Waals surface area contributed by atoms with Crippen molar-refractivity contribution in [1.29, 1.82) is 0 Å². The highest BCUT2D eigenvalue weighted by Crippen LogP contribution is 2.11. The highest BCUT2D eigenvalue weighted by atomic mass is 32.2. The number of aliphatic imine (C=N–C) groups is 1. The van der Waals surface area contributed by atoms with Gasteiger partial charge in [0, 0.05) is 18.1 Å². The molecule has 19 heavy (non-hydrogen) atoms. The van der Waals surface area contributed by atoms with Crippen molar-refractivity contribution in [1.82, 2.24) is 9.03 Å². The van der Waals surface area contributed by atoms with E-state index >= 15 is 0 Å². The molecule has 0 radical (unpaired) electrons. The smallest absolute Gasteiger partial charge is 0.103 e. The van der Waals surface area contributed by atoms with Crippen molar-refractivity contribution in [2.75, 3.05) is 25.1 Å². The molecule has 0 spiro atoms. The van der Waals surface area contributed by atoms with E-state index in [1.54, 1.807) is 11.9 Å². The molecule has 0 aliphatic heterocycles.